The Morgan fingerprint density at radius 3 is 3.09 bits per heavy atom. The molecule has 2 nitrogen and oxygen atoms in total. The molecule has 1 aliphatic rings. The van der Waals surface area contributed by atoms with Gasteiger partial charge in [-0.3, -0.25) is 4.79 Å². The van der Waals surface area contributed by atoms with Crippen LogP contribution in [0.4, 0.5) is 0 Å². The molecule has 0 heterocycles. The van der Waals surface area contributed by atoms with Gasteiger partial charge in [0, 0.05) is 26.6 Å². The lowest BCUT2D eigenvalue weighted by molar-refractivity contribution is -0.119. The number of rotatable bonds is 2. The van der Waals surface area contributed by atoms with Gasteiger partial charge in [-0.05, 0) is 18.8 Å². The molecule has 0 aliphatic heterocycles. The topological polar surface area (TPSA) is 26.3 Å². The average Bonchev–Trinajstić information content (AvgIpc) is 2.15. The highest BCUT2D eigenvalue weighted by molar-refractivity contribution is 5.78. The number of Topliss-reactive ketones (excluding diaryl/α,β-unsaturated/α-hetero) is 1. The molecule has 64 valence electrons. The highest BCUT2D eigenvalue weighted by atomic mass is 16.5. The van der Waals surface area contributed by atoms with E-state index in [-0.39, 0.29) is 0 Å². The fourth-order valence-electron chi connectivity index (χ4n) is 1.66. The number of methoxy groups -OCH3 is 1. The van der Waals surface area contributed by atoms with Gasteiger partial charge in [-0.15, -0.1) is 0 Å². The predicted molar refractivity (Wildman–Crippen MR) is 43.5 cm³/mol. The third-order valence-electron chi connectivity index (χ3n) is 2.24. The molecule has 1 aliphatic carbocycles. The summed E-state index contributed by atoms with van der Waals surface area (Å²) in [5.41, 5.74) is 0. The lowest BCUT2D eigenvalue weighted by Crippen LogP contribution is -2.10. The Bertz CT molecular complexity index is 132. The molecule has 0 aromatic heterocycles. The molecule has 1 saturated carbocycles. The molecule has 0 radical (unpaired) electrons. The normalized spacial score (nSPS) is 26.6. The van der Waals surface area contributed by atoms with Crippen molar-refractivity contribution in [2.24, 2.45) is 5.92 Å². The smallest absolute Gasteiger partial charge is 0.133 e. The van der Waals surface area contributed by atoms with E-state index in [1.54, 1.807) is 7.11 Å². The van der Waals surface area contributed by atoms with Crippen molar-refractivity contribution in [1.29, 1.82) is 0 Å². The number of ketones is 1. The van der Waals surface area contributed by atoms with Crippen molar-refractivity contribution in [3.05, 3.63) is 0 Å². The zero-order chi connectivity index (χ0) is 8.10. The summed E-state index contributed by atoms with van der Waals surface area (Å²) in [6.07, 6.45) is 4.98. The number of carbonyl (C=O) groups is 1. The van der Waals surface area contributed by atoms with Gasteiger partial charge in [-0.25, -0.2) is 0 Å². The summed E-state index contributed by atoms with van der Waals surface area (Å²) in [7, 11) is 1.70. The Hall–Kier alpha value is -0.370. The van der Waals surface area contributed by atoms with Crippen LogP contribution in [-0.4, -0.2) is 19.5 Å². The van der Waals surface area contributed by atoms with Crippen LogP contribution in [0.25, 0.3) is 0 Å². The first kappa shape index (κ1) is 8.72. The molecule has 1 atom stereocenters. The predicted octanol–water partition coefficient (Wildman–Crippen LogP) is 1.78. The summed E-state index contributed by atoms with van der Waals surface area (Å²) >= 11 is 0. The van der Waals surface area contributed by atoms with Crippen LogP contribution in [0.3, 0.4) is 0 Å². The number of carbonyl (C=O) groups excluding carboxylic acids is 1. The molecule has 1 unspecified atom stereocenters. The molecule has 1 rings (SSSR count). The first-order valence-corrected chi connectivity index (χ1v) is 4.33. The van der Waals surface area contributed by atoms with Gasteiger partial charge >= 0.3 is 0 Å². The van der Waals surface area contributed by atoms with E-state index in [0.29, 0.717) is 11.7 Å². The van der Waals surface area contributed by atoms with Crippen LogP contribution < -0.4 is 0 Å². The van der Waals surface area contributed by atoms with Crippen molar-refractivity contribution in [2.75, 3.05) is 13.7 Å². The molecular formula is C9H16O2. The number of hydrogen-bond donors (Lipinski definition) is 0. The lowest BCUT2D eigenvalue weighted by Gasteiger charge is -2.10. The van der Waals surface area contributed by atoms with Crippen molar-refractivity contribution in [2.45, 2.75) is 32.1 Å². The van der Waals surface area contributed by atoms with Gasteiger partial charge in [0.25, 0.3) is 0 Å². The molecule has 11 heavy (non-hydrogen) atoms. The number of hydrogen-bond acceptors (Lipinski definition) is 2. The van der Waals surface area contributed by atoms with Gasteiger partial charge in [0.05, 0.1) is 0 Å². The van der Waals surface area contributed by atoms with Crippen molar-refractivity contribution in [1.82, 2.24) is 0 Å². The van der Waals surface area contributed by atoms with Crippen LogP contribution >= 0.6 is 0 Å². The second-order valence-electron chi connectivity index (χ2n) is 3.31. The first-order valence-electron chi connectivity index (χ1n) is 4.33. The van der Waals surface area contributed by atoms with E-state index in [2.05, 4.69) is 0 Å². The van der Waals surface area contributed by atoms with E-state index in [0.717, 1.165) is 25.9 Å². The second kappa shape index (κ2) is 4.50. The van der Waals surface area contributed by atoms with E-state index in [9.17, 15) is 4.79 Å². The Morgan fingerprint density at radius 1 is 1.55 bits per heavy atom. The van der Waals surface area contributed by atoms with E-state index < -0.39 is 0 Å². The van der Waals surface area contributed by atoms with E-state index in [1.807, 2.05) is 0 Å². The Balaban J connectivity index is 2.33. The minimum Gasteiger partial charge on any atom is -0.384 e. The molecule has 2 heteroatoms. The molecule has 0 aromatic rings. The molecule has 0 aromatic carbocycles. The van der Waals surface area contributed by atoms with Gasteiger partial charge in [-0.2, -0.15) is 0 Å². The minimum atomic E-state index is 0.421. The largest absolute Gasteiger partial charge is 0.384 e. The molecule has 0 amide bonds. The van der Waals surface area contributed by atoms with E-state index in [1.165, 1.54) is 12.8 Å². The summed E-state index contributed by atoms with van der Waals surface area (Å²) in [6.45, 7) is 0.756. The fourth-order valence-corrected chi connectivity index (χ4v) is 1.66. The minimum absolute atomic E-state index is 0.421. The summed E-state index contributed by atoms with van der Waals surface area (Å²) in [5, 5.41) is 0. The third-order valence-corrected chi connectivity index (χ3v) is 2.24. The summed E-state index contributed by atoms with van der Waals surface area (Å²) in [6, 6.07) is 0. The maximum atomic E-state index is 11.1. The zero-order valence-electron chi connectivity index (χ0n) is 7.14. The number of ether oxygens (including phenoxy) is 1. The van der Waals surface area contributed by atoms with Crippen molar-refractivity contribution in [3.8, 4) is 0 Å². The first-order chi connectivity index (χ1) is 5.33. The summed E-state index contributed by atoms with van der Waals surface area (Å²) in [5.74, 6) is 0.916. The molecule has 0 spiro atoms. The van der Waals surface area contributed by atoms with Crippen LogP contribution in [0.1, 0.15) is 32.1 Å². The average molecular weight is 156 g/mol. The van der Waals surface area contributed by atoms with E-state index >= 15 is 0 Å². The quantitative estimate of drug-likeness (QED) is 0.570. The second-order valence-corrected chi connectivity index (χ2v) is 3.31. The SMILES string of the molecule is COCC1CCCCC(=O)C1. The van der Waals surface area contributed by atoms with Crippen LogP contribution in [0.5, 0.6) is 0 Å². The van der Waals surface area contributed by atoms with Gasteiger partial charge in [0.15, 0.2) is 0 Å². The molecule has 0 bridgehead atoms. The Kier molecular flexibility index (Phi) is 3.57. The monoisotopic (exact) mass is 156 g/mol. The lowest BCUT2D eigenvalue weighted by atomic mass is 10.0. The molecule has 0 N–H and O–H groups in total. The van der Waals surface area contributed by atoms with Crippen LogP contribution in [0.15, 0.2) is 0 Å². The van der Waals surface area contributed by atoms with Crippen molar-refractivity contribution in [3.63, 3.8) is 0 Å². The highest BCUT2D eigenvalue weighted by Gasteiger charge is 2.16. The summed E-state index contributed by atoms with van der Waals surface area (Å²) < 4.78 is 5.03. The van der Waals surface area contributed by atoms with Gasteiger partial charge in [0.1, 0.15) is 5.78 Å². The molecule has 1 fully saturated rings. The summed E-state index contributed by atoms with van der Waals surface area (Å²) in [4.78, 5) is 11.1. The van der Waals surface area contributed by atoms with Crippen molar-refractivity contribution < 1.29 is 9.53 Å². The Morgan fingerprint density at radius 2 is 2.36 bits per heavy atom. The van der Waals surface area contributed by atoms with Crippen LogP contribution in [0, 0.1) is 5.92 Å². The van der Waals surface area contributed by atoms with Gasteiger partial charge in [-0.1, -0.05) is 6.42 Å². The fraction of sp³-hybridized carbons (Fsp3) is 0.889. The van der Waals surface area contributed by atoms with Crippen LogP contribution in [-0.2, 0) is 9.53 Å². The Labute approximate surface area is 67.9 Å². The molecule has 0 saturated heterocycles. The van der Waals surface area contributed by atoms with Crippen molar-refractivity contribution >= 4 is 5.78 Å². The maximum absolute atomic E-state index is 11.1. The third kappa shape index (κ3) is 3.02. The molecular weight excluding hydrogens is 140 g/mol. The van der Waals surface area contributed by atoms with Gasteiger partial charge < -0.3 is 4.74 Å². The van der Waals surface area contributed by atoms with Crippen LogP contribution in [0.2, 0.25) is 0 Å². The van der Waals surface area contributed by atoms with E-state index in [4.69, 9.17) is 4.74 Å². The highest BCUT2D eigenvalue weighted by Crippen LogP contribution is 2.20. The standard InChI is InChI=1S/C9H16O2/c1-11-7-8-4-2-3-5-9(10)6-8/h8H,2-7H2,1H3. The zero-order valence-corrected chi connectivity index (χ0v) is 7.14. The van der Waals surface area contributed by atoms with Gasteiger partial charge in [0.2, 0.25) is 0 Å². The maximum Gasteiger partial charge on any atom is 0.133 e.